The van der Waals surface area contributed by atoms with E-state index < -0.39 is 0 Å². The Morgan fingerprint density at radius 3 is 2.48 bits per heavy atom. The summed E-state index contributed by atoms with van der Waals surface area (Å²) >= 11 is 6.23. The molecule has 0 aliphatic carbocycles. The average Bonchev–Trinajstić information content (AvgIpc) is 2.51. The van der Waals surface area contributed by atoms with Crippen molar-refractivity contribution in [2.45, 2.75) is 6.54 Å². The van der Waals surface area contributed by atoms with Crippen molar-refractivity contribution >= 4 is 17.3 Å². The molecule has 2 heterocycles. The van der Waals surface area contributed by atoms with E-state index in [4.69, 9.17) is 16.3 Å². The lowest BCUT2D eigenvalue weighted by Gasteiger charge is -2.35. The molecule has 1 aromatic carbocycles. The lowest BCUT2D eigenvalue weighted by atomic mass is 10.1. The highest BCUT2D eigenvalue weighted by atomic mass is 35.5. The van der Waals surface area contributed by atoms with Gasteiger partial charge in [-0.25, -0.2) is 0 Å². The summed E-state index contributed by atoms with van der Waals surface area (Å²) in [6.07, 6.45) is 0. The lowest BCUT2D eigenvalue weighted by Crippen LogP contribution is -2.44. The van der Waals surface area contributed by atoms with Crippen LogP contribution in [0.4, 0.5) is 5.69 Å². The summed E-state index contributed by atoms with van der Waals surface area (Å²) in [5.41, 5.74) is 2.66. The van der Waals surface area contributed by atoms with E-state index in [0.29, 0.717) is 0 Å². The molecule has 2 fully saturated rings. The van der Waals surface area contributed by atoms with Crippen molar-refractivity contribution in [3.05, 3.63) is 28.8 Å². The average molecular weight is 310 g/mol. The van der Waals surface area contributed by atoms with Crippen LogP contribution in [0.1, 0.15) is 5.56 Å². The Balaban J connectivity index is 1.74. The molecule has 2 aliphatic heterocycles. The van der Waals surface area contributed by atoms with Gasteiger partial charge in [0, 0.05) is 56.5 Å². The predicted molar refractivity (Wildman–Crippen MR) is 87.3 cm³/mol. The third-order valence-corrected chi connectivity index (χ3v) is 4.62. The molecule has 2 saturated heterocycles. The van der Waals surface area contributed by atoms with Gasteiger partial charge in [-0.3, -0.25) is 4.90 Å². The molecular formula is C16H24ClN3O. The molecule has 0 amide bonds. The Morgan fingerprint density at radius 1 is 1.05 bits per heavy atom. The SMILES string of the molecule is CN1CCN(Cc2cc(Cl)ccc2N2CCOCC2)CC1. The number of benzene rings is 1. The minimum atomic E-state index is 0.816. The zero-order valence-corrected chi connectivity index (χ0v) is 13.5. The molecule has 0 spiro atoms. The van der Waals surface area contributed by atoms with Crippen molar-refractivity contribution in [3.63, 3.8) is 0 Å². The van der Waals surface area contributed by atoms with E-state index in [1.54, 1.807) is 0 Å². The number of anilines is 1. The third-order valence-electron chi connectivity index (χ3n) is 4.38. The summed E-state index contributed by atoms with van der Waals surface area (Å²) in [5.74, 6) is 0. The van der Waals surface area contributed by atoms with Gasteiger partial charge in [-0.2, -0.15) is 0 Å². The minimum absolute atomic E-state index is 0.816. The van der Waals surface area contributed by atoms with Gasteiger partial charge in [-0.05, 0) is 30.8 Å². The number of likely N-dealkylation sites (N-methyl/N-ethyl adjacent to an activating group) is 1. The number of hydrogen-bond acceptors (Lipinski definition) is 4. The molecular weight excluding hydrogens is 286 g/mol. The molecule has 0 atom stereocenters. The molecule has 4 nitrogen and oxygen atoms in total. The normalized spacial score (nSPS) is 21.7. The van der Waals surface area contributed by atoms with E-state index in [9.17, 15) is 0 Å². The molecule has 21 heavy (non-hydrogen) atoms. The molecule has 0 saturated carbocycles. The zero-order valence-electron chi connectivity index (χ0n) is 12.7. The van der Waals surface area contributed by atoms with Gasteiger partial charge >= 0.3 is 0 Å². The first-order valence-electron chi connectivity index (χ1n) is 7.74. The van der Waals surface area contributed by atoms with Crippen LogP contribution in [0.15, 0.2) is 18.2 Å². The molecule has 0 N–H and O–H groups in total. The van der Waals surface area contributed by atoms with Crippen LogP contribution >= 0.6 is 11.6 Å². The van der Waals surface area contributed by atoms with Crippen molar-refractivity contribution in [2.75, 3.05) is 64.4 Å². The van der Waals surface area contributed by atoms with Crippen molar-refractivity contribution < 1.29 is 4.74 Å². The molecule has 0 radical (unpaired) electrons. The van der Waals surface area contributed by atoms with E-state index in [1.807, 2.05) is 6.07 Å². The molecule has 5 heteroatoms. The van der Waals surface area contributed by atoms with Gasteiger partial charge < -0.3 is 14.5 Å². The van der Waals surface area contributed by atoms with E-state index in [1.165, 1.54) is 11.3 Å². The smallest absolute Gasteiger partial charge is 0.0642 e. The highest BCUT2D eigenvalue weighted by molar-refractivity contribution is 6.30. The maximum absolute atomic E-state index is 6.23. The van der Waals surface area contributed by atoms with Crippen LogP contribution in [0.25, 0.3) is 0 Å². The third kappa shape index (κ3) is 3.89. The molecule has 2 aliphatic rings. The van der Waals surface area contributed by atoms with Crippen LogP contribution < -0.4 is 4.90 Å². The first-order valence-corrected chi connectivity index (χ1v) is 8.12. The quantitative estimate of drug-likeness (QED) is 0.849. The number of rotatable bonds is 3. The fourth-order valence-corrected chi connectivity index (χ4v) is 3.24. The molecule has 116 valence electrons. The van der Waals surface area contributed by atoms with Gasteiger partial charge in [0.1, 0.15) is 0 Å². The van der Waals surface area contributed by atoms with Gasteiger partial charge in [0.2, 0.25) is 0 Å². The lowest BCUT2D eigenvalue weighted by molar-refractivity contribution is 0.122. The first-order chi connectivity index (χ1) is 10.2. The Bertz CT molecular complexity index is 469. The Labute approximate surface area is 132 Å². The van der Waals surface area contributed by atoms with E-state index in [-0.39, 0.29) is 0 Å². The number of nitrogens with zero attached hydrogens (tertiary/aromatic N) is 3. The fourth-order valence-electron chi connectivity index (χ4n) is 3.04. The number of piperazine rings is 1. The Kier molecular flexibility index (Phi) is 5.01. The Morgan fingerprint density at radius 2 is 1.76 bits per heavy atom. The predicted octanol–water partition coefficient (Wildman–Crippen LogP) is 1.92. The molecule has 0 aromatic heterocycles. The molecule has 0 bridgehead atoms. The zero-order chi connectivity index (χ0) is 14.7. The summed E-state index contributed by atoms with van der Waals surface area (Å²) in [6.45, 7) is 9.11. The second kappa shape index (κ2) is 6.97. The van der Waals surface area contributed by atoms with Crippen LogP contribution in [0.3, 0.4) is 0 Å². The van der Waals surface area contributed by atoms with Crippen LogP contribution in [0, 0.1) is 0 Å². The van der Waals surface area contributed by atoms with Crippen molar-refractivity contribution in [1.82, 2.24) is 9.80 Å². The monoisotopic (exact) mass is 309 g/mol. The highest BCUT2D eigenvalue weighted by Crippen LogP contribution is 2.26. The molecule has 3 rings (SSSR count). The van der Waals surface area contributed by atoms with Crippen molar-refractivity contribution in [2.24, 2.45) is 0 Å². The van der Waals surface area contributed by atoms with Crippen LogP contribution in [-0.4, -0.2) is 69.3 Å². The highest BCUT2D eigenvalue weighted by Gasteiger charge is 2.19. The van der Waals surface area contributed by atoms with Gasteiger partial charge in [-0.15, -0.1) is 0 Å². The standard InChI is InChI=1S/C16H24ClN3O/c1-18-4-6-19(7-5-18)13-14-12-15(17)2-3-16(14)20-8-10-21-11-9-20/h2-3,12H,4-11,13H2,1H3. The van der Waals surface area contributed by atoms with Gasteiger partial charge in [-0.1, -0.05) is 11.6 Å². The summed E-state index contributed by atoms with van der Waals surface area (Å²) in [6, 6.07) is 6.30. The second-order valence-corrected chi connectivity index (χ2v) is 6.39. The van der Waals surface area contributed by atoms with Crippen molar-refractivity contribution in [3.8, 4) is 0 Å². The Hall–Kier alpha value is -0.810. The summed E-state index contributed by atoms with van der Waals surface area (Å²) in [7, 11) is 2.19. The largest absolute Gasteiger partial charge is 0.378 e. The van der Waals surface area contributed by atoms with Crippen LogP contribution in [-0.2, 0) is 11.3 Å². The molecule has 0 unspecified atom stereocenters. The van der Waals surface area contributed by atoms with Crippen LogP contribution in [0.5, 0.6) is 0 Å². The number of halogens is 1. The topological polar surface area (TPSA) is 19.0 Å². The summed E-state index contributed by atoms with van der Waals surface area (Å²) in [5, 5.41) is 0.830. The number of morpholine rings is 1. The van der Waals surface area contributed by atoms with E-state index >= 15 is 0 Å². The van der Waals surface area contributed by atoms with Crippen molar-refractivity contribution in [1.29, 1.82) is 0 Å². The van der Waals surface area contributed by atoms with E-state index in [0.717, 1.165) is 64.0 Å². The summed E-state index contributed by atoms with van der Waals surface area (Å²) in [4.78, 5) is 7.33. The van der Waals surface area contributed by atoms with Gasteiger partial charge in [0.25, 0.3) is 0 Å². The second-order valence-electron chi connectivity index (χ2n) is 5.95. The van der Waals surface area contributed by atoms with Crippen LogP contribution in [0.2, 0.25) is 5.02 Å². The van der Waals surface area contributed by atoms with E-state index in [2.05, 4.69) is 33.9 Å². The fraction of sp³-hybridized carbons (Fsp3) is 0.625. The van der Waals surface area contributed by atoms with Gasteiger partial charge in [0.05, 0.1) is 13.2 Å². The van der Waals surface area contributed by atoms with Gasteiger partial charge in [0.15, 0.2) is 0 Å². The number of ether oxygens (including phenoxy) is 1. The maximum atomic E-state index is 6.23. The number of hydrogen-bond donors (Lipinski definition) is 0. The first kappa shape index (κ1) is 15.1. The minimum Gasteiger partial charge on any atom is -0.378 e. The summed E-state index contributed by atoms with van der Waals surface area (Å²) < 4.78 is 5.46. The molecule has 1 aromatic rings. The maximum Gasteiger partial charge on any atom is 0.0642 e.